The Kier molecular flexibility index (Phi) is 5.40. The predicted octanol–water partition coefficient (Wildman–Crippen LogP) is 2.22. The maximum absolute atomic E-state index is 12.3. The molecule has 3 heteroatoms. The van der Waals surface area contributed by atoms with E-state index < -0.39 is 0 Å². The van der Waals surface area contributed by atoms with Crippen LogP contribution in [-0.4, -0.2) is 36.5 Å². The molecule has 1 aromatic carbocycles. The van der Waals surface area contributed by atoms with Gasteiger partial charge in [0.25, 0.3) is 0 Å². The van der Waals surface area contributed by atoms with Gasteiger partial charge in [0.1, 0.15) is 0 Å². The Labute approximate surface area is 116 Å². The molecule has 1 atom stereocenters. The van der Waals surface area contributed by atoms with Gasteiger partial charge in [-0.2, -0.15) is 0 Å². The van der Waals surface area contributed by atoms with Crippen molar-refractivity contribution >= 4 is 5.91 Å². The fraction of sp³-hybridized carbons (Fsp3) is 0.562. The van der Waals surface area contributed by atoms with E-state index in [0.717, 1.165) is 38.0 Å². The Hall–Kier alpha value is -1.35. The molecule has 1 fully saturated rings. The highest BCUT2D eigenvalue weighted by Crippen LogP contribution is 2.12. The number of piperidine rings is 1. The highest BCUT2D eigenvalue weighted by molar-refractivity contribution is 5.78. The summed E-state index contributed by atoms with van der Waals surface area (Å²) in [6.45, 7) is 5.00. The van der Waals surface area contributed by atoms with Crippen LogP contribution in [0.3, 0.4) is 0 Å². The number of benzene rings is 1. The van der Waals surface area contributed by atoms with Crippen LogP contribution in [-0.2, 0) is 11.2 Å². The summed E-state index contributed by atoms with van der Waals surface area (Å²) in [5.41, 5.74) is 1.11. The zero-order valence-corrected chi connectivity index (χ0v) is 11.8. The van der Waals surface area contributed by atoms with Crippen molar-refractivity contribution in [2.75, 3.05) is 19.6 Å². The summed E-state index contributed by atoms with van der Waals surface area (Å²) < 4.78 is 0. The molecule has 1 aliphatic heterocycles. The summed E-state index contributed by atoms with van der Waals surface area (Å²) in [6, 6.07) is 10.5. The number of carbonyl (C=O) groups is 1. The van der Waals surface area contributed by atoms with Gasteiger partial charge in [0.15, 0.2) is 0 Å². The number of hydrogen-bond donors (Lipinski definition) is 1. The van der Waals surface area contributed by atoms with Crippen LogP contribution in [0, 0.1) is 0 Å². The zero-order valence-electron chi connectivity index (χ0n) is 11.8. The molecule has 1 aromatic rings. The molecule has 0 spiro atoms. The third-order valence-electron chi connectivity index (χ3n) is 3.66. The van der Waals surface area contributed by atoms with Gasteiger partial charge in [-0.1, -0.05) is 37.3 Å². The number of amides is 1. The molecular weight excluding hydrogens is 236 g/mol. The summed E-state index contributed by atoms with van der Waals surface area (Å²) in [7, 11) is 0. The molecule has 0 saturated carbocycles. The van der Waals surface area contributed by atoms with Gasteiger partial charge in [-0.15, -0.1) is 0 Å². The van der Waals surface area contributed by atoms with E-state index in [1.54, 1.807) is 0 Å². The molecule has 3 nitrogen and oxygen atoms in total. The molecule has 0 bridgehead atoms. The van der Waals surface area contributed by atoms with Crippen molar-refractivity contribution in [3.63, 3.8) is 0 Å². The van der Waals surface area contributed by atoms with Crippen LogP contribution in [0.15, 0.2) is 30.3 Å². The van der Waals surface area contributed by atoms with Gasteiger partial charge < -0.3 is 10.2 Å². The zero-order chi connectivity index (χ0) is 13.5. The molecule has 1 saturated heterocycles. The van der Waals surface area contributed by atoms with Crippen molar-refractivity contribution in [2.45, 2.75) is 38.6 Å². The van der Waals surface area contributed by atoms with Gasteiger partial charge >= 0.3 is 0 Å². The Morgan fingerprint density at radius 2 is 2.16 bits per heavy atom. The molecule has 1 amide bonds. The second-order valence-electron chi connectivity index (χ2n) is 5.30. The molecule has 1 unspecified atom stereocenters. The van der Waals surface area contributed by atoms with Crippen LogP contribution < -0.4 is 5.32 Å². The average molecular weight is 260 g/mol. The SMILES string of the molecule is CCCNC1CCCN(C(=O)Cc2ccccc2)C1. The first kappa shape index (κ1) is 14.1. The van der Waals surface area contributed by atoms with Crippen LogP contribution in [0.5, 0.6) is 0 Å². The van der Waals surface area contributed by atoms with Crippen molar-refractivity contribution in [2.24, 2.45) is 0 Å². The Morgan fingerprint density at radius 1 is 1.37 bits per heavy atom. The van der Waals surface area contributed by atoms with Crippen LogP contribution in [0.2, 0.25) is 0 Å². The number of nitrogens with zero attached hydrogens (tertiary/aromatic N) is 1. The summed E-state index contributed by atoms with van der Waals surface area (Å²) in [5, 5.41) is 3.53. The number of hydrogen-bond acceptors (Lipinski definition) is 2. The molecule has 1 heterocycles. The van der Waals surface area contributed by atoms with Crippen molar-refractivity contribution < 1.29 is 4.79 Å². The summed E-state index contributed by atoms with van der Waals surface area (Å²) in [4.78, 5) is 14.3. The molecule has 0 aromatic heterocycles. The lowest BCUT2D eigenvalue weighted by Crippen LogP contribution is -2.48. The largest absolute Gasteiger partial charge is 0.341 e. The molecule has 19 heavy (non-hydrogen) atoms. The van der Waals surface area contributed by atoms with Gasteiger partial charge in [-0.25, -0.2) is 0 Å². The lowest BCUT2D eigenvalue weighted by atomic mass is 10.0. The van der Waals surface area contributed by atoms with Crippen molar-refractivity contribution in [3.05, 3.63) is 35.9 Å². The van der Waals surface area contributed by atoms with Crippen molar-refractivity contribution in [1.29, 1.82) is 0 Å². The average Bonchev–Trinajstić information content (AvgIpc) is 2.46. The van der Waals surface area contributed by atoms with Gasteiger partial charge in [0, 0.05) is 19.1 Å². The first-order valence-corrected chi connectivity index (χ1v) is 7.34. The lowest BCUT2D eigenvalue weighted by molar-refractivity contribution is -0.131. The topological polar surface area (TPSA) is 32.3 Å². The summed E-state index contributed by atoms with van der Waals surface area (Å²) >= 11 is 0. The monoisotopic (exact) mass is 260 g/mol. The van der Waals surface area contributed by atoms with E-state index in [2.05, 4.69) is 12.2 Å². The number of likely N-dealkylation sites (tertiary alicyclic amines) is 1. The fourth-order valence-corrected chi connectivity index (χ4v) is 2.60. The second-order valence-corrected chi connectivity index (χ2v) is 5.30. The smallest absolute Gasteiger partial charge is 0.227 e. The van der Waals surface area contributed by atoms with E-state index in [1.807, 2.05) is 35.2 Å². The Bertz CT molecular complexity index is 391. The fourth-order valence-electron chi connectivity index (χ4n) is 2.60. The van der Waals surface area contributed by atoms with Crippen LogP contribution >= 0.6 is 0 Å². The lowest BCUT2D eigenvalue weighted by Gasteiger charge is -2.33. The highest BCUT2D eigenvalue weighted by Gasteiger charge is 2.22. The minimum absolute atomic E-state index is 0.259. The molecule has 2 rings (SSSR count). The van der Waals surface area contributed by atoms with E-state index in [0.29, 0.717) is 12.5 Å². The van der Waals surface area contributed by atoms with E-state index in [-0.39, 0.29) is 5.91 Å². The van der Waals surface area contributed by atoms with Gasteiger partial charge in [0.05, 0.1) is 6.42 Å². The number of rotatable bonds is 5. The second kappa shape index (κ2) is 7.29. The maximum atomic E-state index is 12.3. The van der Waals surface area contributed by atoms with Crippen LogP contribution in [0.25, 0.3) is 0 Å². The first-order chi connectivity index (χ1) is 9.29. The van der Waals surface area contributed by atoms with Gasteiger partial charge in [-0.05, 0) is 31.4 Å². The van der Waals surface area contributed by atoms with E-state index in [9.17, 15) is 4.79 Å². The number of nitrogens with one attached hydrogen (secondary N) is 1. The van der Waals surface area contributed by atoms with Gasteiger partial charge in [0.2, 0.25) is 5.91 Å². The van der Waals surface area contributed by atoms with E-state index >= 15 is 0 Å². The molecule has 1 N–H and O–H groups in total. The van der Waals surface area contributed by atoms with Gasteiger partial charge in [-0.3, -0.25) is 4.79 Å². The normalized spacial score (nSPS) is 19.4. The van der Waals surface area contributed by atoms with E-state index in [1.165, 1.54) is 6.42 Å². The minimum Gasteiger partial charge on any atom is -0.341 e. The standard InChI is InChI=1S/C16H24N2O/c1-2-10-17-15-9-6-11-18(13-15)16(19)12-14-7-4-3-5-8-14/h3-5,7-8,15,17H,2,6,9-13H2,1H3. The number of carbonyl (C=O) groups excluding carboxylic acids is 1. The minimum atomic E-state index is 0.259. The Morgan fingerprint density at radius 3 is 2.89 bits per heavy atom. The molecule has 0 aliphatic carbocycles. The molecule has 1 aliphatic rings. The summed E-state index contributed by atoms with van der Waals surface area (Å²) in [6.07, 6.45) is 3.98. The quantitative estimate of drug-likeness (QED) is 0.880. The third kappa shape index (κ3) is 4.35. The van der Waals surface area contributed by atoms with Crippen LogP contribution in [0.4, 0.5) is 0 Å². The van der Waals surface area contributed by atoms with E-state index in [4.69, 9.17) is 0 Å². The highest BCUT2D eigenvalue weighted by atomic mass is 16.2. The predicted molar refractivity (Wildman–Crippen MR) is 78.0 cm³/mol. The van der Waals surface area contributed by atoms with Crippen molar-refractivity contribution in [1.82, 2.24) is 10.2 Å². The first-order valence-electron chi connectivity index (χ1n) is 7.34. The molecule has 0 radical (unpaired) electrons. The van der Waals surface area contributed by atoms with Crippen molar-refractivity contribution in [3.8, 4) is 0 Å². The maximum Gasteiger partial charge on any atom is 0.227 e. The molecular formula is C16H24N2O. The third-order valence-corrected chi connectivity index (χ3v) is 3.66. The van der Waals surface area contributed by atoms with Crippen LogP contribution in [0.1, 0.15) is 31.7 Å². The summed E-state index contributed by atoms with van der Waals surface area (Å²) in [5.74, 6) is 0.259. The Balaban J connectivity index is 1.85. The molecule has 104 valence electrons.